The zero-order valence-electron chi connectivity index (χ0n) is 16.9. The lowest BCUT2D eigenvalue weighted by Crippen LogP contribution is -2.27. The molecule has 10 heteroatoms. The molecule has 0 radical (unpaired) electrons. The molecule has 162 valence electrons. The van der Waals surface area contributed by atoms with Gasteiger partial charge in [-0.25, -0.2) is 9.67 Å². The van der Waals surface area contributed by atoms with E-state index < -0.39 is 0 Å². The number of benzene rings is 2. The molecule has 4 aromatic rings. The van der Waals surface area contributed by atoms with E-state index >= 15 is 0 Å². The molecule has 0 fully saturated rings. The maximum absolute atomic E-state index is 13.3. The van der Waals surface area contributed by atoms with E-state index in [-0.39, 0.29) is 23.9 Å². The Bertz CT molecular complexity index is 1420. The van der Waals surface area contributed by atoms with E-state index in [2.05, 4.69) is 26.3 Å². The summed E-state index contributed by atoms with van der Waals surface area (Å²) in [7, 11) is 0. The van der Waals surface area contributed by atoms with E-state index in [1.807, 2.05) is 37.3 Å². The Kier molecular flexibility index (Phi) is 5.56. The molecule has 5 rings (SSSR count). The van der Waals surface area contributed by atoms with Crippen LogP contribution in [0.5, 0.6) is 0 Å². The molecular weight excluding hydrogens is 514 g/mol. The number of nitrogens with zero attached hydrogens (tertiary/aromatic N) is 4. The topological polar surface area (TPSA) is 81.8 Å². The van der Waals surface area contributed by atoms with Crippen LogP contribution in [0.15, 0.2) is 63.1 Å². The largest absolute Gasteiger partial charge is 0.326 e. The van der Waals surface area contributed by atoms with Crippen molar-refractivity contribution in [3.8, 4) is 5.69 Å². The second-order valence-corrected chi connectivity index (χ2v) is 9.86. The van der Waals surface area contributed by atoms with Crippen molar-refractivity contribution in [1.82, 2.24) is 19.3 Å². The molecule has 1 aliphatic heterocycles. The molecule has 1 aliphatic rings. The number of carbonyl (C=O) groups is 1. The van der Waals surface area contributed by atoms with Crippen LogP contribution in [0.3, 0.4) is 0 Å². The molecule has 1 amide bonds. The van der Waals surface area contributed by atoms with Gasteiger partial charge in [0.05, 0.1) is 17.9 Å². The minimum Gasteiger partial charge on any atom is -0.326 e. The van der Waals surface area contributed by atoms with Gasteiger partial charge < -0.3 is 5.32 Å². The Morgan fingerprint density at radius 3 is 2.81 bits per heavy atom. The molecule has 7 nitrogen and oxygen atoms in total. The van der Waals surface area contributed by atoms with Gasteiger partial charge in [0.15, 0.2) is 10.8 Å². The van der Waals surface area contributed by atoms with Gasteiger partial charge in [0.2, 0.25) is 5.91 Å². The molecule has 3 heterocycles. The number of carbonyl (C=O) groups excluding carboxylic acids is 1. The van der Waals surface area contributed by atoms with Gasteiger partial charge in [0.25, 0.3) is 5.56 Å². The van der Waals surface area contributed by atoms with Crippen molar-refractivity contribution in [3.05, 3.63) is 74.1 Å². The van der Waals surface area contributed by atoms with Crippen LogP contribution in [0.4, 0.5) is 5.69 Å². The minimum atomic E-state index is -0.269. The maximum atomic E-state index is 13.3. The molecule has 32 heavy (non-hydrogen) atoms. The van der Waals surface area contributed by atoms with Crippen LogP contribution >= 0.6 is 39.3 Å². The fourth-order valence-corrected chi connectivity index (χ4v) is 5.47. The number of aromatic nitrogens is 4. The van der Waals surface area contributed by atoms with E-state index in [0.717, 1.165) is 21.4 Å². The van der Waals surface area contributed by atoms with Crippen molar-refractivity contribution in [1.29, 1.82) is 0 Å². The number of hydrogen-bond acceptors (Lipinski definition) is 5. The van der Waals surface area contributed by atoms with Gasteiger partial charge in [-0.1, -0.05) is 39.3 Å². The zero-order chi connectivity index (χ0) is 22.4. The molecule has 2 aromatic carbocycles. The molecule has 0 aliphatic carbocycles. The highest BCUT2D eigenvalue weighted by molar-refractivity contribution is 9.10. The summed E-state index contributed by atoms with van der Waals surface area (Å²) in [6.07, 6.45) is 1.71. The van der Waals surface area contributed by atoms with Gasteiger partial charge in [-0.3, -0.25) is 14.2 Å². The van der Waals surface area contributed by atoms with Crippen LogP contribution in [0, 0.1) is 6.92 Å². The minimum absolute atomic E-state index is 0.141. The fourth-order valence-electron chi connectivity index (χ4n) is 3.73. The van der Waals surface area contributed by atoms with Crippen LogP contribution < -0.4 is 10.9 Å². The van der Waals surface area contributed by atoms with Crippen molar-refractivity contribution in [2.45, 2.75) is 24.5 Å². The number of anilines is 1. The highest BCUT2D eigenvalue weighted by Gasteiger charge is 2.29. The lowest BCUT2D eigenvalue weighted by atomic mass is 10.1. The van der Waals surface area contributed by atoms with Gasteiger partial charge in [-0.05, 0) is 55.0 Å². The summed E-state index contributed by atoms with van der Waals surface area (Å²) in [6.45, 7) is 1.94. The number of hydrogen-bond donors (Lipinski definition) is 1. The number of thioether (sulfide) groups is 1. The summed E-state index contributed by atoms with van der Waals surface area (Å²) >= 11 is 10.9. The maximum Gasteiger partial charge on any atom is 0.265 e. The first kappa shape index (κ1) is 21.2. The number of amides is 1. The highest BCUT2D eigenvalue weighted by Crippen LogP contribution is 2.34. The third-order valence-electron chi connectivity index (χ3n) is 5.33. The smallest absolute Gasteiger partial charge is 0.265 e. The van der Waals surface area contributed by atoms with Gasteiger partial charge in [-0.2, -0.15) is 5.10 Å². The van der Waals surface area contributed by atoms with Gasteiger partial charge in [-0.15, -0.1) is 0 Å². The normalized spacial score (nSPS) is 15.2. The van der Waals surface area contributed by atoms with Gasteiger partial charge in [0.1, 0.15) is 5.39 Å². The highest BCUT2D eigenvalue weighted by atomic mass is 79.9. The Morgan fingerprint density at radius 2 is 2.06 bits per heavy atom. The molecule has 1 N–H and O–H groups in total. The average Bonchev–Trinajstić information content (AvgIpc) is 3.36. The fraction of sp³-hybridized carbons (Fsp3) is 0.182. The van der Waals surface area contributed by atoms with Crippen molar-refractivity contribution in [2.75, 3.05) is 11.1 Å². The Morgan fingerprint density at radius 1 is 1.28 bits per heavy atom. The number of aryl methyl sites for hydroxylation is 1. The first-order valence-corrected chi connectivity index (χ1v) is 12.0. The summed E-state index contributed by atoms with van der Waals surface area (Å²) in [5.41, 5.74) is 2.79. The van der Waals surface area contributed by atoms with Gasteiger partial charge in [0, 0.05) is 27.4 Å². The zero-order valence-corrected chi connectivity index (χ0v) is 20.0. The third kappa shape index (κ3) is 3.85. The molecule has 1 atom stereocenters. The molecule has 0 saturated heterocycles. The molecule has 0 bridgehead atoms. The predicted octanol–water partition coefficient (Wildman–Crippen LogP) is 4.98. The van der Waals surface area contributed by atoms with Crippen molar-refractivity contribution < 1.29 is 4.79 Å². The van der Waals surface area contributed by atoms with E-state index in [4.69, 9.17) is 16.6 Å². The van der Waals surface area contributed by atoms with Crippen LogP contribution in [-0.4, -0.2) is 31.0 Å². The number of fused-ring (bicyclic) bond motifs is 2. The van der Waals surface area contributed by atoms with Crippen LogP contribution in [0.25, 0.3) is 16.7 Å². The standard InChI is InChI=1S/C22H17BrClN5O2S/c1-12-8-13(23)2-7-18(12)26-19(30)9-16-11-32-22-27-20-17(21(31)28(16)22)10-25-29(20)15-5-3-14(24)4-6-15/h2-8,10,16H,9,11H2,1H3,(H,26,30). The van der Waals surface area contributed by atoms with Crippen LogP contribution in [0.1, 0.15) is 18.0 Å². The van der Waals surface area contributed by atoms with E-state index in [1.165, 1.54) is 18.0 Å². The van der Waals surface area contributed by atoms with E-state index in [1.54, 1.807) is 21.4 Å². The Balaban J connectivity index is 1.44. The van der Waals surface area contributed by atoms with E-state index in [9.17, 15) is 9.59 Å². The average molecular weight is 531 g/mol. The van der Waals surface area contributed by atoms with Gasteiger partial charge >= 0.3 is 0 Å². The van der Waals surface area contributed by atoms with Crippen LogP contribution in [0.2, 0.25) is 5.02 Å². The monoisotopic (exact) mass is 529 g/mol. The summed E-state index contributed by atoms with van der Waals surface area (Å²) in [5.74, 6) is 0.466. The quantitative estimate of drug-likeness (QED) is 0.376. The number of nitrogens with one attached hydrogen (secondary N) is 1. The predicted molar refractivity (Wildman–Crippen MR) is 130 cm³/mol. The first-order valence-electron chi connectivity index (χ1n) is 9.86. The van der Waals surface area contributed by atoms with Crippen LogP contribution in [-0.2, 0) is 4.79 Å². The SMILES string of the molecule is Cc1cc(Br)ccc1NC(=O)CC1CSc2nc3c(cnn3-c3ccc(Cl)cc3)c(=O)n21. The summed E-state index contributed by atoms with van der Waals surface area (Å²) < 4.78 is 4.20. The summed E-state index contributed by atoms with van der Waals surface area (Å²) in [5, 5.41) is 8.94. The lowest BCUT2D eigenvalue weighted by molar-refractivity contribution is -0.116. The second kappa shape index (κ2) is 8.38. The number of halogens is 2. The van der Waals surface area contributed by atoms with Crippen molar-refractivity contribution >= 4 is 61.9 Å². The second-order valence-electron chi connectivity index (χ2n) is 7.52. The number of rotatable bonds is 4. The summed E-state index contributed by atoms with van der Waals surface area (Å²) in [4.78, 5) is 30.7. The van der Waals surface area contributed by atoms with E-state index in [0.29, 0.717) is 27.0 Å². The Hall–Kier alpha value is -2.62. The first-order chi connectivity index (χ1) is 15.4. The molecule has 0 saturated carbocycles. The lowest BCUT2D eigenvalue weighted by Gasteiger charge is -2.14. The summed E-state index contributed by atoms with van der Waals surface area (Å²) in [6, 6.07) is 12.6. The molecule has 2 aromatic heterocycles. The third-order valence-corrected chi connectivity index (χ3v) is 7.17. The Labute approximate surface area is 200 Å². The molecule has 0 spiro atoms. The molecular formula is C22H17BrClN5O2S. The van der Waals surface area contributed by atoms with Crippen molar-refractivity contribution in [3.63, 3.8) is 0 Å². The molecule has 1 unspecified atom stereocenters. The van der Waals surface area contributed by atoms with Crippen molar-refractivity contribution in [2.24, 2.45) is 0 Å².